The van der Waals surface area contributed by atoms with Crippen molar-refractivity contribution in [2.45, 2.75) is 32.4 Å². The van der Waals surface area contributed by atoms with Crippen LogP contribution >= 0.6 is 12.4 Å². The summed E-state index contributed by atoms with van der Waals surface area (Å²) in [5.74, 6) is 2.02. The Morgan fingerprint density at radius 2 is 1.91 bits per heavy atom. The molecular weight excluding hydrogens is 298 g/mol. The fourth-order valence-electron chi connectivity index (χ4n) is 3.06. The van der Waals surface area contributed by atoms with Gasteiger partial charge < -0.3 is 11.5 Å². The summed E-state index contributed by atoms with van der Waals surface area (Å²) in [7, 11) is 0. The average Bonchev–Trinajstić information content (AvgIpc) is 2.48. The highest BCUT2D eigenvalue weighted by atomic mass is 35.5. The van der Waals surface area contributed by atoms with E-state index in [0.29, 0.717) is 17.8 Å². The number of halogens is 1. The highest BCUT2D eigenvalue weighted by Crippen LogP contribution is 2.22. The monoisotopic (exact) mass is 321 g/mol. The number of piperidine rings is 1. The topological polar surface area (TPSA) is 81.1 Å². The first kappa shape index (κ1) is 16.9. The third-order valence-electron chi connectivity index (χ3n) is 4.42. The standard InChI is InChI=1S/C16H23N5.ClH/c1-11(17)12-6-8-21(9-7-12)10-15-19-14-5-3-2-4-13(14)16(18)20-15;/h2-5,11-12H,6-10,17H2,1H3,(H2,18,19,20);1H. The van der Waals surface area contributed by atoms with Crippen LogP contribution in [0.1, 0.15) is 25.6 Å². The molecule has 1 aromatic carbocycles. The van der Waals surface area contributed by atoms with Crippen LogP contribution in [0.4, 0.5) is 5.82 Å². The lowest BCUT2D eigenvalue weighted by Gasteiger charge is -2.33. The SMILES string of the molecule is CC(N)C1CCN(Cc2nc(N)c3ccccc3n2)CC1.Cl. The van der Waals surface area contributed by atoms with Crippen molar-refractivity contribution in [3.63, 3.8) is 0 Å². The third kappa shape index (κ3) is 3.66. The number of benzene rings is 1. The quantitative estimate of drug-likeness (QED) is 0.905. The first-order valence-corrected chi connectivity index (χ1v) is 7.62. The summed E-state index contributed by atoms with van der Waals surface area (Å²) >= 11 is 0. The van der Waals surface area contributed by atoms with Crippen LogP contribution in [0.25, 0.3) is 10.9 Å². The Morgan fingerprint density at radius 3 is 2.59 bits per heavy atom. The van der Waals surface area contributed by atoms with Gasteiger partial charge in [0.15, 0.2) is 0 Å². The maximum absolute atomic E-state index is 6.04. The number of hydrogen-bond acceptors (Lipinski definition) is 5. The fourth-order valence-corrected chi connectivity index (χ4v) is 3.06. The summed E-state index contributed by atoms with van der Waals surface area (Å²) in [6.45, 7) is 4.98. The van der Waals surface area contributed by atoms with Gasteiger partial charge in [-0.15, -0.1) is 12.4 Å². The van der Waals surface area contributed by atoms with Crippen molar-refractivity contribution >= 4 is 29.1 Å². The number of para-hydroxylation sites is 1. The zero-order valence-electron chi connectivity index (χ0n) is 12.9. The minimum absolute atomic E-state index is 0. The highest BCUT2D eigenvalue weighted by molar-refractivity contribution is 5.87. The lowest BCUT2D eigenvalue weighted by atomic mass is 9.91. The zero-order valence-corrected chi connectivity index (χ0v) is 13.7. The molecule has 1 aliphatic rings. The number of fused-ring (bicyclic) bond motifs is 1. The number of nitrogen functional groups attached to an aromatic ring is 1. The zero-order chi connectivity index (χ0) is 14.8. The molecule has 6 heteroatoms. The summed E-state index contributed by atoms with van der Waals surface area (Å²) in [5.41, 5.74) is 12.9. The molecule has 0 aliphatic carbocycles. The first-order chi connectivity index (χ1) is 10.1. The van der Waals surface area contributed by atoms with Crippen molar-refractivity contribution in [3.05, 3.63) is 30.1 Å². The number of nitrogens with zero attached hydrogens (tertiary/aromatic N) is 3. The van der Waals surface area contributed by atoms with Gasteiger partial charge in [0.05, 0.1) is 12.1 Å². The molecule has 1 atom stereocenters. The van der Waals surface area contributed by atoms with Gasteiger partial charge in [-0.2, -0.15) is 0 Å². The Kier molecular flexibility index (Phi) is 5.56. The van der Waals surface area contributed by atoms with Crippen molar-refractivity contribution in [1.82, 2.24) is 14.9 Å². The van der Waals surface area contributed by atoms with E-state index in [1.54, 1.807) is 0 Å². The Bertz CT molecular complexity index is 623. The van der Waals surface area contributed by atoms with Crippen molar-refractivity contribution in [1.29, 1.82) is 0 Å². The van der Waals surface area contributed by atoms with Crippen molar-refractivity contribution in [2.24, 2.45) is 11.7 Å². The van der Waals surface area contributed by atoms with Crippen molar-refractivity contribution in [3.8, 4) is 0 Å². The maximum atomic E-state index is 6.04. The normalized spacial score (nSPS) is 18.1. The Hall–Kier alpha value is -1.43. The van der Waals surface area contributed by atoms with E-state index < -0.39 is 0 Å². The van der Waals surface area contributed by atoms with Crippen LogP contribution in [0, 0.1) is 5.92 Å². The van der Waals surface area contributed by atoms with E-state index >= 15 is 0 Å². The molecule has 2 heterocycles. The molecule has 0 spiro atoms. The van der Waals surface area contributed by atoms with Gasteiger partial charge in [-0.3, -0.25) is 4.90 Å². The molecule has 1 saturated heterocycles. The molecule has 5 nitrogen and oxygen atoms in total. The molecule has 0 saturated carbocycles. The summed E-state index contributed by atoms with van der Waals surface area (Å²) in [4.78, 5) is 11.5. The van der Waals surface area contributed by atoms with Gasteiger partial charge in [0.25, 0.3) is 0 Å². The van der Waals surface area contributed by atoms with E-state index in [2.05, 4.69) is 21.8 Å². The summed E-state index contributed by atoms with van der Waals surface area (Å²) < 4.78 is 0. The molecule has 4 N–H and O–H groups in total. The lowest BCUT2D eigenvalue weighted by Crippen LogP contribution is -2.39. The molecule has 22 heavy (non-hydrogen) atoms. The van der Waals surface area contributed by atoms with Crippen LogP contribution in [-0.4, -0.2) is 34.0 Å². The number of anilines is 1. The molecule has 3 rings (SSSR count). The smallest absolute Gasteiger partial charge is 0.145 e. The summed E-state index contributed by atoms with van der Waals surface area (Å²) in [6.07, 6.45) is 2.31. The molecule has 1 aliphatic heterocycles. The Morgan fingerprint density at radius 1 is 1.23 bits per heavy atom. The van der Waals surface area contributed by atoms with Gasteiger partial charge in [-0.25, -0.2) is 9.97 Å². The van der Waals surface area contributed by atoms with E-state index in [0.717, 1.165) is 49.2 Å². The maximum Gasteiger partial charge on any atom is 0.145 e. The van der Waals surface area contributed by atoms with Gasteiger partial charge in [-0.05, 0) is 50.9 Å². The van der Waals surface area contributed by atoms with Gasteiger partial charge in [-0.1, -0.05) is 12.1 Å². The molecular formula is C16H24ClN5. The van der Waals surface area contributed by atoms with Crippen LogP contribution in [-0.2, 0) is 6.54 Å². The van der Waals surface area contributed by atoms with Crippen molar-refractivity contribution < 1.29 is 0 Å². The summed E-state index contributed by atoms with van der Waals surface area (Å²) in [6, 6.07) is 8.18. The lowest BCUT2D eigenvalue weighted by molar-refractivity contribution is 0.163. The largest absolute Gasteiger partial charge is 0.383 e. The number of nitrogens with two attached hydrogens (primary N) is 2. The molecule has 2 aromatic rings. The van der Waals surface area contributed by atoms with Crippen LogP contribution in [0.2, 0.25) is 0 Å². The number of aromatic nitrogens is 2. The van der Waals surface area contributed by atoms with Gasteiger partial charge in [0, 0.05) is 11.4 Å². The van der Waals surface area contributed by atoms with Gasteiger partial charge in [0.1, 0.15) is 11.6 Å². The molecule has 0 bridgehead atoms. The molecule has 0 amide bonds. The van der Waals surface area contributed by atoms with Crippen LogP contribution in [0.15, 0.2) is 24.3 Å². The van der Waals surface area contributed by atoms with Gasteiger partial charge >= 0.3 is 0 Å². The fraction of sp³-hybridized carbons (Fsp3) is 0.500. The predicted octanol–water partition coefficient (Wildman–Crippen LogP) is 2.19. The van der Waals surface area contributed by atoms with E-state index in [1.807, 2.05) is 24.3 Å². The van der Waals surface area contributed by atoms with Crippen LogP contribution in [0.5, 0.6) is 0 Å². The van der Waals surface area contributed by atoms with E-state index in [1.165, 1.54) is 0 Å². The summed E-state index contributed by atoms with van der Waals surface area (Å²) in [5, 5.41) is 0.928. The second-order valence-corrected chi connectivity index (χ2v) is 6.01. The van der Waals surface area contributed by atoms with Crippen LogP contribution in [0.3, 0.4) is 0 Å². The molecule has 0 radical (unpaired) electrons. The third-order valence-corrected chi connectivity index (χ3v) is 4.42. The van der Waals surface area contributed by atoms with E-state index in [-0.39, 0.29) is 12.4 Å². The highest BCUT2D eigenvalue weighted by Gasteiger charge is 2.22. The van der Waals surface area contributed by atoms with Gasteiger partial charge in [0.2, 0.25) is 0 Å². The molecule has 1 fully saturated rings. The van der Waals surface area contributed by atoms with Crippen molar-refractivity contribution in [2.75, 3.05) is 18.8 Å². The second kappa shape index (κ2) is 7.22. The predicted molar refractivity (Wildman–Crippen MR) is 92.8 cm³/mol. The number of rotatable bonds is 3. The minimum Gasteiger partial charge on any atom is -0.383 e. The average molecular weight is 322 g/mol. The second-order valence-electron chi connectivity index (χ2n) is 6.01. The minimum atomic E-state index is 0. The first-order valence-electron chi connectivity index (χ1n) is 7.62. The van der Waals surface area contributed by atoms with Crippen LogP contribution < -0.4 is 11.5 Å². The van der Waals surface area contributed by atoms with E-state index in [9.17, 15) is 0 Å². The molecule has 1 aromatic heterocycles. The molecule has 1 unspecified atom stereocenters. The molecule has 120 valence electrons. The number of hydrogen-bond donors (Lipinski definition) is 2. The van der Waals surface area contributed by atoms with E-state index in [4.69, 9.17) is 11.5 Å². The number of likely N-dealkylation sites (tertiary alicyclic amines) is 1. The Balaban J connectivity index is 0.00000176. The Labute approximate surface area is 137 Å².